The molecule has 0 saturated carbocycles. The van der Waals surface area contributed by atoms with E-state index in [1.807, 2.05) is 6.07 Å². The fourth-order valence-corrected chi connectivity index (χ4v) is 5.30. The Bertz CT molecular complexity index is 1700. The van der Waals surface area contributed by atoms with Gasteiger partial charge in [-0.1, -0.05) is 30.3 Å². The van der Waals surface area contributed by atoms with E-state index in [2.05, 4.69) is 9.97 Å². The molecule has 0 saturated heterocycles. The van der Waals surface area contributed by atoms with Crippen LogP contribution in [0.5, 0.6) is 0 Å². The first-order valence-corrected chi connectivity index (χ1v) is 15.9. The van der Waals surface area contributed by atoms with E-state index < -0.39 is 41.4 Å². The topological polar surface area (TPSA) is 189 Å². The zero-order valence-electron chi connectivity index (χ0n) is 29.4. The van der Waals surface area contributed by atoms with Gasteiger partial charge < -0.3 is 38.4 Å². The van der Waals surface area contributed by atoms with E-state index in [0.29, 0.717) is 28.1 Å². The van der Waals surface area contributed by atoms with Crippen molar-refractivity contribution in [3.05, 3.63) is 80.9 Å². The molecule has 0 unspecified atom stereocenters. The molecule has 0 bridgehead atoms. The first kappa shape index (κ1) is 39.0. The van der Waals surface area contributed by atoms with E-state index in [4.69, 9.17) is 28.4 Å². The van der Waals surface area contributed by atoms with Gasteiger partial charge in [-0.15, -0.1) is 0 Å². The van der Waals surface area contributed by atoms with Crippen LogP contribution in [-0.2, 0) is 86.3 Å². The highest BCUT2D eigenvalue weighted by molar-refractivity contribution is 5.93. The SMILES string of the molecule is COC(=O)CCc1c(Cc2[nH]c(C(=O)OC(C)(C)C)c(CCC(=O)OC)c2CC(=O)OC)[nH]c(C(=O)OCc2ccccc2)c1CC(=O)OC. The molecular formula is C36H44N2O12. The van der Waals surface area contributed by atoms with E-state index in [1.165, 1.54) is 28.4 Å². The molecule has 14 nitrogen and oxygen atoms in total. The number of carbonyl (C=O) groups excluding carboxylic acids is 6. The molecule has 2 heterocycles. The van der Waals surface area contributed by atoms with E-state index in [9.17, 15) is 28.8 Å². The number of hydrogen-bond donors (Lipinski definition) is 2. The number of nitrogens with one attached hydrogen (secondary N) is 2. The lowest BCUT2D eigenvalue weighted by Gasteiger charge is -2.19. The second kappa shape index (κ2) is 17.8. The molecular weight excluding hydrogens is 652 g/mol. The van der Waals surface area contributed by atoms with Crippen molar-refractivity contribution in [1.82, 2.24) is 9.97 Å². The Morgan fingerprint density at radius 2 is 1.08 bits per heavy atom. The number of ether oxygens (including phenoxy) is 6. The van der Waals surface area contributed by atoms with Crippen LogP contribution in [0.1, 0.15) is 93.8 Å². The van der Waals surface area contributed by atoms with Gasteiger partial charge in [0.05, 0.1) is 41.3 Å². The van der Waals surface area contributed by atoms with Crippen LogP contribution in [0.15, 0.2) is 30.3 Å². The van der Waals surface area contributed by atoms with Crippen LogP contribution in [0, 0.1) is 0 Å². The van der Waals surface area contributed by atoms with Crippen LogP contribution in [0.2, 0.25) is 0 Å². The standard InChI is InChI=1S/C36H44N2O12/c1-36(2,3)50-35(44)32-23(14-16-29(40)46-5)24(17-30(41)47-6)27(38-32)19-26-22(13-15-28(39)45-4)25(18-31(42)48-7)33(37-26)34(43)49-20-21-11-9-8-10-12-21/h8-12,37-38H,13-20H2,1-7H3. The predicted octanol–water partition coefficient (Wildman–Crippen LogP) is 3.89. The van der Waals surface area contributed by atoms with Gasteiger partial charge in [0.2, 0.25) is 0 Å². The van der Waals surface area contributed by atoms with Gasteiger partial charge in [0, 0.05) is 30.7 Å². The van der Waals surface area contributed by atoms with Crippen LogP contribution < -0.4 is 0 Å². The summed E-state index contributed by atoms with van der Waals surface area (Å²) in [6, 6.07) is 9.01. The van der Waals surface area contributed by atoms with Crippen molar-refractivity contribution in [3.8, 4) is 0 Å². The Morgan fingerprint density at radius 3 is 1.60 bits per heavy atom. The van der Waals surface area contributed by atoms with Gasteiger partial charge in [-0.3, -0.25) is 19.2 Å². The van der Waals surface area contributed by atoms with Crippen molar-refractivity contribution < 1.29 is 57.2 Å². The van der Waals surface area contributed by atoms with Gasteiger partial charge in [-0.25, -0.2) is 9.59 Å². The number of hydrogen-bond acceptors (Lipinski definition) is 12. The lowest BCUT2D eigenvalue weighted by atomic mass is 9.96. The highest BCUT2D eigenvalue weighted by atomic mass is 16.6. The molecule has 3 aromatic rings. The summed E-state index contributed by atoms with van der Waals surface area (Å²) in [6.45, 7) is 5.05. The van der Waals surface area contributed by atoms with Gasteiger partial charge >= 0.3 is 35.8 Å². The summed E-state index contributed by atoms with van der Waals surface area (Å²) in [4.78, 5) is 83.0. The highest BCUT2D eigenvalue weighted by Crippen LogP contribution is 2.30. The zero-order valence-corrected chi connectivity index (χ0v) is 29.4. The second-order valence-electron chi connectivity index (χ2n) is 12.3. The number of aromatic amines is 2. The lowest BCUT2D eigenvalue weighted by molar-refractivity contribution is -0.141. The molecule has 0 atom stereocenters. The first-order valence-electron chi connectivity index (χ1n) is 15.9. The maximum Gasteiger partial charge on any atom is 0.355 e. The maximum atomic E-state index is 13.6. The number of esters is 6. The van der Waals surface area contributed by atoms with Crippen LogP contribution in [0.25, 0.3) is 0 Å². The van der Waals surface area contributed by atoms with Crippen LogP contribution in [-0.4, -0.2) is 79.8 Å². The Hall–Kier alpha value is -5.40. The normalized spacial score (nSPS) is 11.0. The van der Waals surface area contributed by atoms with Crippen molar-refractivity contribution in [2.45, 2.75) is 77.9 Å². The van der Waals surface area contributed by atoms with Gasteiger partial charge in [0.1, 0.15) is 23.6 Å². The molecule has 0 fully saturated rings. The maximum absolute atomic E-state index is 13.6. The third kappa shape index (κ3) is 10.8. The Kier molecular flexibility index (Phi) is 13.9. The van der Waals surface area contributed by atoms with Crippen molar-refractivity contribution in [2.24, 2.45) is 0 Å². The van der Waals surface area contributed by atoms with Crippen LogP contribution >= 0.6 is 0 Å². The summed E-state index contributed by atoms with van der Waals surface area (Å²) in [6.07, 6.45) is -0.774. The second-order valence-corrected chi connectivity index (χ2v) is 12.3. The molecule has 2 N–H and O–H groups in total. The average Bonchev–Trinajstić information content (AvgIpc) is 3.60. The zero-order chi connectivity index (χ0) is 37.0. The molecule has 0 aliphatic heterocycles. The molecule has 270 valence electrons. The lowest BCUT2D eigenvalue weighted by Crippen LogP contribution is -2.25. The minimum Gasteiger partial charge on any atom is -0.469 e. The van der Waals surface area contributed by atoms with Crippen LogP contribution in [0.4, 0.5) is 0 Å². The van der Waals surface area contributed by atoms with E-state index >= 15 is 0 Å². The molecule has 0 aliphatic carbocycles. The monoisotopic (exact) mass is 696 g/mol. The summed E-state index contributed by atoms with van der Waals surface area (Å²) >= 11 is 0. The fourth-order valence-electron chi connectivity index (χ4n) is 5.30. The summed E-state index contributed by atoms with van der Waals surface area (Å²) in [5.74, 6) is -3.80. The molecule has 0 radical (unpaired) electrons. The summed E-state index contributed by atoms with van der Waals surface area (Å²) in [5, 5.41) is 0. The van der Waals surface area contributed by atoms with Crippen molar-refractivity contribution in [2.75, 3.05) is 28.4 Å². The van der Waals surface area contributed by atoms with E-state index in [1.54, 1.807) is 45.0 Å². The van der Waals surface area contributed by atoms with Crippen molar-refractivity contribution in [3.63, 3.8) is 0 Å². The molecule has 1 aromatic carbocycles. The highest BCUT2D eigenvalue weighted by Gasteiger charge is 2.31. The molecule has 0 amide bonds. The summed E-state index contributed by atoms with van der Waals surface area (Å²) < 4.78 is 30.8. The van der Waals surface area contributed by atoms with Crippen molar-refractivity contribution in [1.29, 1.82) is 0 Å². The third-order valence-electron chi connectivity index (χ3n) is 7.70. The van der Waals surface area contributed by atoms with Crippen LogP contribution in [0.3, 0.4) is 0 Å². The van der Waals surface area contributed by atoms with Gasteiger partial charge in [-0.05, 0) is 61.4 Å². The van der Waals surface area contributed by atoms with E-state index in [-0.39, 0.29) is 68.5 Å². The van der Waals surface area contributed by atoms with Gasteiger partial charge in [0.15, 0.2) is 0 Å². The van der Waals surface area contributed by atoms with Gasteiger partial charge in [0.25, 0.3) is 0 Å². The molecule has 2 aromatic heterocycles. The number of H-pyrrole nitrogens is 2. The Balaban J connectivity index is 2.23. The molecule has 0 aliphatic rings. The number of rotatable bonds is 16. The molecule has 14 heteroatoms. The van der Waals surface area contributed by atoms with E-state index in [0.717, 1.165) is 5.56 Å². The predicted molar refractivity (Wildman–Crippen MR) is 177 cm³/mol. The first-order chi connectivity index (χ1) is 23.7. The van der Waals surface area contributed by atoms with Gasteiger partial charge in [-0.2, -0.15) is 0 Å². The number of methoxy groups -OCH3 is 4. The minimum atomic E-state index is -0.872. The Labute approximate surface area is 290 Å². The number of aromatic nitrogens is 2. The third-order valence-corrected chi connectivity index (χ3v) is 7.70. The fraction of sp³-hybridized carbons (Fsp3) is 0.444. The quantitative estimate of drug-likeness (QED) is 0.163. The summed E-state index contributed by atoms with van der Waals surface area (Å²) in [5.41, 5.74) is 2.05. The largest absolute Gasteiger partial charge is 0.469 e. The summed E-state index contributed by atoms with van der Waals surface area (Å²) in [7, 11) is 4.92. The molecule has 0 spiro atoms. The van der Waals surface area contributed by atoms with Crippen molar-refractivity contribution >= 4 is 35.8 Å². The molecule has 3 rings (SSSR count). The molecule has 50 heavy (non-hydrogen) atoms. The minimum absolute atomic E-state index is 0.0225. The average molecular weight is 697 g/mol. The number of carbonyl (C=O) groups is 6. The smallest absolute Gasteiger partial charge is 0.355 e. The number of benzene rings is 1. The Morgan fingerprint density at radius 1 is 0.600 bits per heavy atom.